The molecule has 0 aliphatic rings. The monoisotopic (exact) mass is 308 g/mol. The SMILES string of the molecule is CC(NCc1cc(=O)c(O)c(CC(F)(F)F)n1C)C(=O)O. The predicted octanol–water partition coefficient (Wildman–Crippen LogP) is 0.758. The molecule has 3 N–H and O–H groups in total. The average molecular weight is 308 g/mol. The fraction of sp³-hybridized carbons (Fsp3) is 0.500. The Balaban J connectivity index is 3.12. The number of carboxylic acid groups (broad SMARTS) is 1. The van der Waals surface area contributed by atoms with Crippen molar-refractivity contribution in [2.75, 3.05) is 0 Å². The minimum Gasteiger partial charge on any atom is -0.503 e. The summed E-state index contributed by atoms with van der Waals surface area (Å²) in [5.41, 5.74) is -1.35. The molecule has 0 aliphatic heterocycles. The smallest absolute Gasteiger partial charge is 0.394 e. The highest BCUT2D eigenvalue weighted by Crippen LogP contribution is 2.25. The van der Waals surface area contributed by atoms with Crippen LogP contribution in [0.25, 0.3) is 0 Å². The van der Waals surface area contributed by atoms with Gasteiger partial charge in [0, 0.05) is 25.4 Å². The molecule has 1 heterocycles. The van der Waals surface area contributed by atoms with E-state index < -0.39 is 41.5 Å². The van der Waals surface area contributed by atoms with Crippen molar-refractivity contribution in [1.29, 1.82) is 0 Å². The first kappa shape index (κ1) is 17.0. The Kier molecular flexibility index (Phi) is 5.00. The van der Waals surface area contributed by atoms with Crippen LogP contribution in [0.4, 0.5) is 13.2 Å². The number of nitrogens with zero attached hydrogens (tertiary/aromatic N) is 1. The second-order valence-electron chi connectivity index (χ2n) is 4.59. The van der Waals surface area contributed by atoms with E-state index in [1.807, 2.05) is 0 Å². The van der Waals surface area contributed by atoms with Crippen molar-refractivity contribution in [3.8, 4) is 5.75 Å². The molecule has 0 aliphatic carbocycles. The van der Waals surface area contributed by atoms with E-state index in [2.05, 4.69) is 5.32 Å². The summed E-state index contributed by atoms with van der Waals surface area (Å²) < 4.78 is 38.4. The first-order valence-corrected chi connectivity index (χ1v) is 5.96. The molecular formula is C12H15F3N2O4. The van der Waals surface area contributed by atoms with Gasteiger partial charge in [-0.1, -0.05) is 0 Å². The molecule has 0 saturated heterocycles. The van der Waals surface area contributed by atoms with Gasteiger partial charge in [0.1, 0.15) is 6.04 Å². The molecular weight excluding hydrogens is 293 g/mol. The zero-order chi connectivity index (χ0) is 16.4. The number of carbonyl (C=O) groups is 1. The Morgan fingerprint density at radius 2 is 2.05 bits per heavy atom. The molecule has 21 heavy (non-hydrogen) atoms. The first-order valence-electron chi connectivity index (χ1n) is 5.96. The van der Waals surface area contributed by atoms with Gasteiger partial charge >= 0.3 is 12.1 Å². The zero-order valence-electron chi connectivity index (χ0n) is 11.4. The minimum absolute atomic E-state index is 0.121. The number of rotatable bonds is 5. The third-order valence-corrected chi connectivity index (χ3v) is 2.97. The maximum atomic E-state index is 12.5. The topological polar surface area (TPSA) is 91.6 Å². The molecule has 0 saturated carbocycles. The van der Waals surface area contributed by atoms with Gasteiger partial charge < -0.3 is 14.8 Å². The van der Waals surface area contributed by atoms with Crippen LogP contribution < -0.4 is 10.7 Å². The number of aliphatic carboxylic acids is 1. The van der Waals surface area contributed by atoms with Crippen molar-refractivity contribution < 1.29 is 28.2 Å². The van der Waals surface area contributed by atoms with E-state index in [1.54, 1.807) is 0 Å². The number of hydrogen-bond acceptors (Lipinski definition) is 4. The largest absolute Gasteiger partial charge is 0.503 e. The van der Waals surface area contributed by atoms with Gasteiger partial charge in [-0.05, 0) is 6.92 Å². The van der Waals surface area contributed by atoms with Crippen molar-refractivity contribution in [3.05, 3.63) is 27.7 Å². The van der Waals surface area contributed by atoms with Crippen LogP contribution in [0.3, 0.4) is 0 Å². The summed E-state index contributed by atoms with van der Waals surface area (Å²) in [4.78, 5) is 22.2. The molecule has 0 radical (unpaired) electrons. The second-order valence-corrected chi connectivity index (χ2v) is 4.59. The van der Waals surface area contributed by atoms with Crippen LogP contribution >= 0.6 is 0 Å². The Hall–Kier alpha value is -2.03. The van der Waals surface area contributed by atoms with Crippen molar-refractivity contribution in [3.63, 3.8) is 0 Å². The number of aromatic nitrogens is 1. The number of nitrogens with one attached hydrogen (secondary N) is 1. The number of halogens is 3. The minimum atomic E-state index is -4.58. The molecule has 0 fully saturated rings. The fourth-order valence-electron chi connectivity index (χ4n) is 1.70. The third-order valence-electron chi connectivity index (χ3n) is 2.97. The predicted molar refractivity (Wildman–Crippen MR) is 67.0 cm³/mol. The Morgan fingerprint density at radius 1 is 1.48 bits per heavy atom. The van der Waals surface area contributed by atoms with Crippen molar-refractivity contribution in [2.45, 2.75) is 32.1 Å². The molecule has 9 heteroatoms. The molecule has 1 unspecified atom stereocenters. The summed E-state index contributed by atoms with van der Waals surface area (Å²) >= 11 is 0. The van der Waals surface area contributed by atoms with E-state index in [4.69, 9.17) is 5.11 Å². The number of hydrogen-bond donors (Lipinski definition) is 3. The Morgan fingerprint density at radius 3 is 2.52 bits per heavy atom. The van der Waals surface area contributed by atoms with Crippen LogP contribution in [0.1, 0.15) is 18.3 Å². The number of carboxylic acids is 1. The van der Waals surface area contributed by atoms with Gasteiger partial charge in [0.25, 0.3) is 0 Å². The van der Waals surface area contributed by atoms with Gasteiger partial charge in [-0.25, -0.2) is 0 Å². The average Bonchev–Trinajstić information content (AvgIpc) is 2.35. The van der Waals surface area contributed by atoms with E-state index in [1.165, 1.54) is 14.0 Å². The van der Waals surface area contributed by atoms with Crippen molar-refractivity contribution >= 4 is 5.97 Å². The lowest BCUT2D eigenvalue weighted by Gasteiger charge is -2.18. The molecule has 6 nitrogen and oxygen atoms in total. The van der Waals surface area contributed by atoms with E-state index in [-0.39, 0.29) is 12.2 Å². The maximum absolute atomic E-state index is 12.5. The summed E-state index contributed by atoms with van der Waals surface area (Å²) in [6, 6.07) is 0.0384. The lowest BCUT2D eigenvalue weighted by atomic mass is 10.2. The van der Waals surface area contributed by atoms with Crippen LogP contribution in [0, 0.1) is 0 Å². The van der Waals surface area contributed by atoms with Crippen molar-refractivity contribution in [2.24, 2.45) is 7.05 Å². The first-order chi connectivity index (χ1) is 9.53. The number of alkyl halides is 3. The molecule has 1 aromatic rings. The molecule has 1 aromatic heterocycles. The second kappa shape index (κ2) is 6.17. The molecule has 0 bridgehead atoms. The van der Waals surface area contributed by atoms with Gasteiger partial charge in [0.2, 0.25) is 5.43 Å². The molecule has 0 spiro atoms. The Bertz CT molecular complexity index is 595. The molecule has 0 aromatic carbocycles. The van der Waals surface area contributed by atoms with Crippen molar-refractivity contribution in [1.82, 2.24) is 9.88 Å². The highest BCUT2D eigenvalue weighted by atomic mass is 19.4. The zero-order valence-corrected chi connectivity index (χ0v) is 11.4. The van der Waals surface area contributed by atoms with Gasteiger partial charge in [-0.15, -0.1) is 0 Å². The third kappa shape index (κ3) is 4.48. The standard InChI is InChI=1S/C12H15F3N2O4/c1-6(11(20)21)16-5-7-3-9(18)10(19)8(17(7)2)4-12(13,14)15/h3,6,16,19H,4-5H2,1-2H3,(H,20,21). The highest BCUT2D eigenvalue weighted by molar-refractivity contribution is 5.72. The molecule has 0 amide bonds. The van der Waals surface area contributed by atoms with Gasteiger partial charge in [-0.2, -0.15) is 13.2 Å². The molecule has 1 rings (SSSR count). The molecule has 118 valence electrons. The van der Waals surface area contributed by atoms with Crippen LogP contribution in [0.2, 0.25) is 0 Å². The van der Waals surface area contributed by atoms with Crippen LogP contribution in [-0.2, 0) is 24.8 Å². The number of aromatic hydroxyl groups is 1. The van der Waals surface area contributed by atoms with Gasteiger partial charge in [0.15, 0.2) is 5.75 Å². The van der Waals surface area contributed by atoms with E-state index in [0.717, 1.165) is 10.6 Å². The quantitative estimate of drug-likeness (QED) is 0.747. The lowest BCUT2D eigenvalue weighted by molar-refractivity contribution is -0.139. The van der Waals surface area contributed by atoms with Crippen LogP contribution in [-0.4, -0.2) is 33.0 Å². The van der Waals surface area contributed by atoms with Gasteiger partial charge in [0.05, 0.1) is 12.1 Å². The number of pyridine rings is 1. The summed E-state index contributed by atoms with van der Waals surface area (Å²) in [7, 11) is 1.27. The summed E-state index contributed by atoms with van der Waals surface area (Å²) in [6.45, 7) is 1.24. The van der Waals surface area contributed by atoms with E-state index >= 15 is 0 Å². The summed E-state index contributed by atoms with van der Waals surface area (Å²) in [5, 5.41) is 20.8. The van der Waals surface area contributed by atoms with Gasteiger partial charge in [-0.3, -0.25) is 14.9 Å². The summed E-state index contributed by atoms with van der Waals surface area (Å²) in [6.07, 6.45) is -6.03. The van der Waals surface area contributed by atoms with E-state index in [0.29, 0.717) is 0 Å². The highest BCUT2D eigenvalue weighted by Gasteiger charge is 2.31. The fourth-order valence-corrected chi connectivity index (χ4v) is 1.70. The lowest BCUT2D eigenvalue weighted by Crippen LogP contribution is -2.34. The normalized spacial score (nSPS) is 13.2. The van der Waals surface area contributed by atoms with E-state index in [9.17, 15) is 27.9 Å². The van der Waals surface area contributed by atoms with Crippen LogP contribution in [0.15, 0.2) is 10.9 Å². The Labute approximate surface area is 117 Å². The van der Waals surface area contributed by atoms with Crippen LogP contribution in [0.5, 0.6) is 5.75 Å². The maximum Gasteiger partial charge on any atom is 0.394 e. The summed E-state index contributed by atoms with van der Waals surface area (Å²) in [5.74, 6) is -2.08. The molecule has 1 atom stereocenters.